The first-order chi connectivity index (χ1) is 7.42. The fourth-order valence-corrected chi connectivity index (χ4v) is 1.78. The van der Waals surface area contributed by atoms with Gasteiger partial charge in [-0.05, 0) is 24.3 Å². The molecule has 0 fully saturated rings. The lowest BCUT2D eigenvalue weighted by Crippen LogP contribution is -2.13. The van der Waals surface area contributed by atoms with Crippen LogP contribution in [0.2, 0.25) is 0 Å². The summed E-state index contributed by atoms with van der Waals surface area (Å²) in [6.45, 7) is 0. The lowest BCUT2D eigenvalue weighted by atomic mass is 10.2. The van der Waals surface area contributed by atoms with E-state index in [0.717, 1.165) is 11.4 Å². The smallest absolute Gasteiger partial charge is 0.0977 e. The highest BCUT2D eigenvalue weighted by Crippen LogP contribution is 2.24. The molecule has 2 aromatic carbocycles. The van der Waals surface area contributed by atoms with Crippen molar-refractivity contribution in [1.29, 1.82) is 0 Å². The third-order valence-corrected chi connectivity index (χ3v) is 2.49. The quantitative estimate of drug-likeness (QED) is 0.578. The minimum atomic E-state index is 0. The van der Waals surface area contributed by atoms with Crippen LogP contribution in [0.3, 0.4) is 0 Å². The summed E-state index contributed by atoms with van der Waals surface area (Å²) in [5.41, 5.74) is 2.22. The molecule has 0 unspecified atom stereocenters. The van der Waals surface area contributed by atoms with Gasteiger partial charge in [-0.3, -0.25) is 0 Å². The van der Waals surface area contributed by atoms with Gasteiger partial charge in [-0.25, -0.2) is 0 Å². The van der Waals surface area contributed by atoms with E-state index in [2.05, 4.69) is 29.2 Å². The molecule has 2 aromatic rings. The van der Waals surface area contributed by atoms with E-state index < -0.39 is 0 Å². The number of para-hydroxylation sites is 2. The van der Waals surface area contributed by atoms with Crippen molar-refractivity contribution in [2.45, 2.75) is 0 Å². The molecule has 0 aromatic heterocycles. The van der Waals surface area contributed by atoms with Gasteiger partial charge in [0, 0.05) is 11.4 Å². The van der Waals surface area contributed by atoms with Crippen LogP contribution in [0.4, 0.5) is 11.4 Å². The molecule has 1 nitrogen and oxygen atoms in total. The summed E-state index contributed by atoms with van der Waals surface area (Å²) >= 11 is 5.96. The molecule has 84 valence electrons. The van der Waals surface area contributed by atoms with E-state index in [1.807, 2.05) is 36.4 Å². The first-order valence-corrected chi connectivity index (χ1v) is 5.39. The van der Waals surface area contributed by atoms with Gasteiger partial charge in [0.15, 0.2) is 0 Å². The van der Waals surface area contributed by atoms with Gasteiger partial charge in [0.1, 0.15) is 0 Å². The summed E-state index contributed by atoms with van der Waals surface area (Å²) in [6, 6.07) is 20.7. The summed E-state index contributed by atoms with van der Waals surface area (Å²) in [6.07, 6.45) is 0. The lowest BCUT2D eigenvalue weighted by molar-refractivity contribution is 1.16. The maximum Gasteiger partial charge on any atom is 0.0977 e. The maximum atomic E-state index is 5.96. The van der Waals surface area contributed by atoms with Gasteiger partial charge in [-0.15, -0.1) is 24.0 Å². The van der Waals surface area contributed by atoms with Crippen LogP contribution in [0.1, 0.15) is 0 Å². The van der Waals surface area contributed by atoms with Gasteiger partial charge >= 0.3 is 0 Å². The molecule has 0 saturated carbocycles. The third-order valence-electron chi connectivity index (χ3n) is 2.26. The highest BCUT2D eigenvalue weighted by molar-refractivity contribution is 6.19. The Kier molecular flexibility index (Phi) is 5.17. The van der Waals surface area contributed by atoms with Gasteiger partial charge in [0.05, 0.1) is 6.00 Å². The SMILES string of the molecule is Cl.ClCN(c1ccccc1)c1ccccc1. The predicted octanol–water partition coefficient (Wildman–Crippen LogP) is 4.44. The van der Waals surface area contributed by atoms with Gasteiger partial charge in [0.2, 0.25) is 0 Å². The Morgan fingerprint density at radius 3 is 1.44 bits per heavy atom. The summed E-state index contributed by atoms with van der Waals surface area (Å²) in [4.78, 5) is 2.06. The molecule has 0 aliphatic rings. The van der Waals surface area contributed by atoms with E-state index >= 15 is 0 Å². The molecule has 0 amide bonds. The first-order valence-electron chi connectivity index (χ1n) is 4.85. The Hall–Kier alpha value is -1.18. The fourth-order valence-electron chi connectivity index (χ4n) is 1.50. The summed E-state index contributed by atoms with van der Waals surface area (Å²) in [5, 5.41) is 0. The van der Waals surface area contributed by atoms with Crippen molar-refractivity contribution in [1.82, 2.24) is 0 Å². The zero-order chi connectivity index (χ0) is 10.5. The molecule has 0 spiro atoms. The van der Waals surface area contributed by atoms with Crippen molar-refractivity contribution >= 4 is 35.4 Å². The molecule has 3 heteroatoms. The average Bonchev–Trinajstić information content (AvgIpc) is 2.33. The molecule has 0 N–H and O–H groups in total. The third kappa shape index (κ3) is 2.91. The van der Waals surface area contributed by atoms with Crippen molar-refractivity contribution in [2.24, 2.45) is 0 Å². The molecule has 0 saturated heterocycles. The largest absolute Gasteiger partial charge is 0.327 e. The van der Waals surface area contributed by atoms with Crippen molar-refractivity contribution in [2.75, 3.05) is 10.9 Å². The number of alkyl halides is 1. The Morgan fingerprint density at radius 2 is 1.12 bits per heavy atom. The van der Waals surface area contributed by atoms with Gasteiger partial charge in [0.25, 0.3) is 0 Å². The van der Waals surface area contributed by atoms with Crippen LogP contribution in [0.25, 0.3) is 0 Å². The monoisotopic (exact) mass is 253 g/mol. The van der Waals surface area contributed by atoms with Crippen LogP contribution in [0.5, 0.6) is 0 Å². The number of benzene rings is 2. The van der Waals surface area contributed by atoms with E-state index in [1.54, 1.807) is 0 Å². The Balaban J connectivity index is 0.00000128. The number of hydrogen-bond acceptors (Lipinski definition) is 1. The second kappa shape index (κ2) is 6.41. The van der Waals surface area contributed by atoms with Crippen LogP contribution in [0.15, 0.2) is 60.7 Å². The molecule has 0 bridgehead atoms. The molecular weight excluding hydrogens is 241 g/mol. The van der Waals surface area contributed by atoms with Crippen LogP contribution < -0.4 is 4.90 Å². The van der Waals surface area contributed by atoms with Gasteiger partial charge < -0.3 is 4.90 Å². The Morgan fingerprint density at radius 1 is 0.750 bits per heavy atom. The highest BCUT2D eigenvalue weighted by atomic mass is 35.5. The molecular formula is C13H13Cl2N. The van der Waals surface area contributed by atoms with Crippen molar-refractivity contribution in [3.63, 3.8) is 0 Å². The second-order valence-electron chi connectivity index (χ2n) is 3.22. The first kappa shape index (κ1) is 12.9. The molecule has 16 heavy (non-hydrogen) atoms. The van der Waals surface area contributed by atoms with Crippen LogP contribution >= 0.6 is 24.0 Å². The molecule has 0 radical (unpaired) electrons. The number of anilines is 2. The molecule has 0 atom stereocenters. The van der Waals surface area contributed by atoms with Crippen molar-refractivity contribution < 1.29 is 0 Å². The van der Waals surface area contributed by atoms with E-state index in [-0.39, 0.29) is 12.4 Å². The van der Waals surface area contributed by atoms with Crippen molar-refractivity contribution in [3.05, 3.63) is 60.7 Å². The minimum Gasteiger partial charge on any atom is -0.327 e. The number of hydrogen-bond donors (Lipinski definition) is 0. The number of rotatable bonds is 3. The minimum absolute atomic E-state index is 0. The zero-order valence-electron chi connectivity index (χ0n) is 8.71. The van der Waals surface area contributed by atoms with E-state index in [1.165, 1.54) is 0 Å². The summed E-state index contributed by atoms with van der Waals surface area (Å²) in [5.74, 6) is 0. The van der Waals surface area contributed by atoms with Crippen LogP contribution in [-0.2, 0) is 0 Å². The number of halogens is 2. The summed E-state index contributed by atoms with van der Waals surface area (Å²) < 4.78 is 0. The predicted molar refractivity (Wildman–Crippen MR) is 73.0 cm³/mol. The Labute approximate surface area is 107 Å². The topological polar surface area (TPSA) is 3.24 Å². The maximum absolute atomic E-state index is 5.96. The summed E-state index contributed by atoms with van der Waals surface area (Å²) in [7, 11) is 0. The standard InChI is InChI=1S/C13H12ClN.ClH/c14-11-15(12-7-3-1-4-8-12)13-9-5-2-6-10-13;/h1-10H,11H2;1H. The van der Waals surface area contributed by atoms with Gasteiger partial charge in [-0.2, -0.15) is 0 Å². The normalized spacial score (nSPS) is 9.31. The fraction of sp³-hybridized carbons (Fsp3) is 0.0769. The van der Waals surface area contributed by atoms with E-state index in [9.17, 15) is 0 Å². The average molecular weight is 254 g/mol. The molecule has 0 aliphatic carbocycles. The van der Waals surface area contributed by atoms with Gasteiger partial charge in [-0.1, -0.05) is 36.4 Å². The van der Waals surface area contributed by atoms with E-state index in [4.69, 9.17) is 11.6 Å². The molecule has 2 rings (SSSR count). The lowest BCUT2D eigenvalue weighted by Gasteiger charge is -2.21. The zero-order valence-corrected chi connectivity index (χ0v) is 10.3. The van der Waals surface area contributed by atoms with Crippen molar-refractivity contribution in [3.8, 4) is 0 Å². The molecule has 0 heterocycles. The molecule has 0 aliphatic heterocycles. The van der Waals surface area contributed by atoms with Crippen LogP contribution in [-0.4, -0.2) is 6.00 Å². The van der Waals surface area contributed by atoms with E-state index in [0.29, 0.717) is 6.00 Å². The highest BCUT2D eigenvalue weighted by Gasteiger charge is 2.05. The van der Waals surface area contributed by atoms with Crippen LogP contribution in [0, 0.1) is 0 Å². The second-order valence-corrected chi connectivity index (χ2v) is 3.46. The Bertz CT molecular complexity index is 363. The number of nitrogens with zero attached hydrogens (tertiary/aromatic N) is 1.